The monoisotopic (exact) mass is 292 g/mol. The quantitative estimate of drug-likeness (QED) is 0.358. The molecule has 0 unspecified atom stereocenters. The van der Waals surface area contributed by atoms with E-state index in [-0.39, 0.29) is 0 Å². The summed E-state index contributed by atoms with van der Waals surface area (Å²) in [6.07, 6.45) is 7.05. The van der Waals surface area contributed by atoms with Crippen molar-refractivity contribution >= 4 is 11.6 Å². The zero-order valence-electron chi connectivity index (χ0n) is 12.7. The SMILES string of the molecule is CCCCCCCOc1ccc(C#CCCCl)cc1C. The van der Waals surface area contributed by atoms with Gasteiger partial charge in [-0.15, -0.1) is 11.6 Å². The summed E-state index contributed by atoms with van der Waals surface area (Å²) in [4.78, 5) is 0. The Bertz CT molecular complexity index is 442. The summed E-state index contributed by atoms with van der Waals surface area (Å²) >= 11 is 5.60. The Hall–Kier alpha value is -1.13. The van der Waals surface area contributed by atoms with Crippen LogP contribution >= 0.6 is 11.6 Å². The van der Waals surface area contributed by atoms with Crippen molar-refractivity contribution in [1.82, 2.24) is 0 Å². The number of unbranched alkanes of at least 4 members (excludes halogenated alkanes) is 4. The standard InChI is InChI=1S/C18H25ClO/c1-3-4-5-6-9-14-20-18-12-11-17(15-16(18)2)10-7-8-13-19/h11-12,15H,3-6,8-9,13-14H2,1-2H3. The molecule has 0 aliphatic carbocycles. The lowest BCUT2D eigenvalue weighted by Crippen LogP contribution is -1.99. The van der Waals surface area contributed by atoms with Gasteiger partial charge in [0.05, 0.1) is 6.61 Å². The molecule has 20 heavy (non-hydrogen) atoms. The third-order valence-electron chi connectivity index (χ3n) is 3.13. The lowest BCUT2D eigenvalue weighted by atomic mass is 10.1. The summed E-state index contributed by atoms with van der Waals surface area (Å²) in [5, 5.41) is 0. The van der Waals surface area contributed by atoms with Crippen molar-refractivity contribution in [2.24, 2.45) is 0 Å². The molecule has 1 aromatic carbocycles. The minimum absolute atomic E-state index is 0.589. The molecule has 0 saturated carbocycles. The molecule has 0 fully saturated rings. The van der Waals surface area contributed by atoms with Crippen LogP contribution in [0.4, 0.5) is 0 Å². The fourth-order valence-corrected chi connectivity index (χ4v) is 2.08. The second-order valence-electron chi connectivity index (χ2n) is 4.98. The maximum atomic E-state index is 5.83. The minimum atomic E-state index is 0.589. The van der Waals surface area contributed by atoms with E-state index >= 15 is 0 Å². The largest absolute Gasteiger partial charge is 0.493 e. The number of hydrogen-bond donors (Lipinski definition) is 0. The summed E-state index contributed by atoms with van der Waals surface area (Å²) in [6, 6.07) is 6.11. The topological polar surface area (TPSA) is 9.23 Å². The molecule has 0 aliphatic heterocycles. The average molecular weight is 293 g/mol. The van der Waals surface area contributed by atoms with Gasteiger partial charge in [-0.25, -0.2) is 0 Å². The summed E-state index contributed by atoms with van der Waals surface area (Å²) in [6.45, 7) is 5.11. The molecular formula is C18H25ClO. The zero-order chi connectivity index (χ0) is 14.6. The maximum absolute atomic E-state index is 5.83. The molecule has 0 radical (unpaired) electrons. The van der Waals surface area contributed by atoms with E-state index in [9.17, 15) is 0 Å². The van der Waals surface area contributed by atoms with Gasteiger partial charge in [-0.2, -0.15) is 0 Å². The van der Waals surface area contributed by atoms with Crippen LogP contribution in [0, 0.1) is 18.8 Å². The third kappa shape index (κ3) is 6.87. The van der Waals surface area contributed by atoms with Crippen LogP contribution in [0.1, 0.15) is 56.6 Å². The highest BCUT2D eigenvalue weighted by molar-refractivity contribution is 6.18. The molecule has 0 N–H and O–H groups in total. The number of alkyl halides is 1. The van der Waals surface area contributed by atoms with E-state index in [0.29, 0.717) is 5.88 Å². The van der Waals surface area contributed by atoms with E-state index in [1.807, 2.05) is 12.1 Å². The van der Waals surface area contributed by atoms with Gasteiger partial charge in [0.1, 0.15) is 5.75 Å². The Morgan fingerprint density at radius 2 is 1.95 bits per heavy atom. The summed E-state index contributed by atoms with van der Waals surface area (Å²) in [5.74, 6) is 7.73. The molecule has 2 heteroatoms. The van der Waals surface area contributed by atoms with Gasteiger partial charge >= 0.3 is 0 Å². The van der Waals surface area contributed by atoms with Crippen molar-refractivity contribution in [3.63, 3.8) is 0 Å². The van der Waals surface area contributed by atoms with Crippen molar-refractivity contribution in [1.29, 1.82) is 0 Å². The van der Waals surface area contributed by atoms with E-state index in [2.05, 4.69) is 31.8 Å². The number of benzene rings is 1. The Morgan fingerprint density at radius 1 is 1.15 bits per heavy atom. The molecule has 1 rings (SSSR count). The first-order valence-corrected chi connectivity index (χ1v) is 8.09. The molecular weight excluding hydrogens is 268 g/mol. The summed E-state index contributed by atoms with van der Waals surface area (Å²) in [5.41, 5.74) is 2.18. The lowest BCUT2D eigenvalue weighted by molar-refractivity contribution is 0.302. The number of ether oxygens (including phenoxy) is 1. The van der Waals surface area contributed by atoms with Crippen molar-refractivity contribution in [3.8, 4) is 17.6 Å². The maximum Gasteiger partial charge on any atom is 0.122 e. The predicted octanol–water partition coefficient (Wildman–Crippen LogP) is 5.32. The molecule has 1 aromatic rings. The Morgan fingerprint density at radius 3 is 2.65 bits per heavy atom. The lowest BCUT2D eigenvalue weighted by Gasteiger charge is -2.09. The van der Waals surface area contributed by atoms with Gasteiger partial charge in [0.25, 0.3) is 0 Å². The number of aryl methyl sites for hydroxylation is 1. The van der Waals surface area contributed by atoms with Crippen LogP contribution in [-0.2, 0) is 0 Å². The fraction of sp³-hybridized carbons (Fsp3) is 0.556. The molecule has 0 heterocycles. The first kappa shape index (κ1) is 16.9. The van der Waals surface area contributed by atoms with Gasteiger partial charge < -0.3 is 4.74 Å². The van der Waals surface area contributed by atoms with Crippen molar-refractivity contribution in [2.75, 3.05) is 12.5 Å². The molecule has 0 bridgehead atoms. The van der Waals surface area contributed by atoms with Gasteiger partial charge in [0.2, 0.25) is 0 Å². The van der Waals surface area contributed by atoms with Gasteiger partial charge in [0.15, 0.2) is 0 Å². The van der Waals surface area contributed by atoms with Gasteiger partial charge in [-0.3, -0.25) is 0 Å². The normalized spacial score (nSPS) is 9.95. The summed E-state index contributed by atoms with van der Waals surface area (Å²) < 4.78 is 5.83. The molecule has 0 aromatic heterocycles. The van der Waals surface area contributed by atoms with E-state index in [4.69, 9.17) is 16.3 Å². The molecule has 0 spiro atoms. The van der Waals surface area contributed by atoms with Crippen molar-refractivity contribution in [2.45, 2.75) is 52.4 Å². The molecule has 0 saturated heterocycles. The molecule has 0 amide bonds. The van der Waals surface area contributed by atoms with E-state index in [1.165, 1.54) is 25.7 Å². The second-order valence-corrected chi connectivity index (χ2v) is 5.36. The highest BCUT2D eigenvalue weighted by Gasteiger charge is 2.00. The molecule has 1 nitrogen and oxygen atoms in total. The van der Waals surface area contributed by atoms with E-state index in [1.54, 1.807) is 0 Å². The molecule has 0 atom stereocenters. The zero-order valence-corrected chi connectivity index (χ0v) is 13.4. The minimum Gasteiger partial charge on any atom is -0.493 e. The highest BCUT2D eigenvalue weighted by atomic mass is 35.5. The van der Waals surface area contributed by atoms with E-state index < -0.39 is 0 Å². The van der Waals surface area contributed by atoms with Gasteiger partial charge in [0, 0.05) is 17.9 Å². The van der Waals surface area contributed by atoms with Crippen molar-refractivity contribution in [3.05, 3.63) is 29.3 Å². The van der Waals surface area contributed by atoms with Crippen LogP contribution in [0.5, 0.6) is 5.75 Å². The Balaban J connectivity index is 2.38. The Kier molecular flexibility index (Phi) is 9.00. The predicted molar refractivity (Wildman–Crippen MR) is 87.6 cm³/mol. The molecule has 110 valence electrons. The second kappa shape index (κ2) is 10.6. The van der Waals surface area contributed by atoms with Crippen LogP contribution in [0.2, 0.25) is 0 Å². The number of halogens is 1. The first-order valence-electron chi connectivity index (χ1n) is 7.56. The van der Waals surface area contributed by atoms with Crippen LogP contribution in [0.3, 0.4) is 0 Å². The van der Waals surface area contributed by atoms with Crippen LogP contribution in [0.25, 0.3) is 0 Å². The van der Waals surface area contributed by atoms with Gasteiger partial charge in [-0.05, 0) is 37.1 Å². The van der Waals surface area contributed by atoms with Crippen LogP contribution in [0.15, 0.2) is 18.2 Å². The van der Waals surface area contributed by atoms with E-state index in [0.717, 1.165) is 36.3 Å². The van der Waals surface area contributed by atoms with Crippen LogP contribution in [-0.4, -0.2) is 12.5 Å². The van der Waals surface area contributed by atoms with Crippen molar-refractivity contribution < 1.29 is 4.74 Å². The smallest absolute Gasteiger partial charge is 0.122 e. The van der Waals surface area contributed by atoms with Gasteiger partial charge in [-0.1, -0.05) is 44.4 Å². The van der Waals surface area contributed by atoms with Crippen LogP contribution < -0.4 is 4.74 Å². The number of rotatable bonds is 8. The fourth-order valence-electron chi connectivity index (χ4n) is 1.99. The summed E-state index contributed by atoms with van der Waals surface area (Å²) in [7, 11) is 0. The average Bonchev–Trinajstić information content (AvgIpc) is 2.45. The third-order valence-corrected chi connectivity index (χ3v) is 3.32. The number of hydrogen-bond acceptors (Lipinski definition) is 1. The highest BCUT2D eigenvalue weighted by Crippen LogP contribution is 2.19. The first-order chi connectivity index (χ1) is 9.77. The molecule has 0 aliphatic rings. The Labute approximate surface area is 128 Å².